The van der Waals surface area contributed by atoms with Crippen LogP contribution in [0.15, 0.2) is 21.5 Å². The SMILES string of the molecule is CC(=O)CCn1cc([N+](=O)[O-])cc(Br)c1=O. The van der Waals surface area contributed by atoms with Gasteiger partial charge in [-0.15, -0.1) is 0 Å². The summed E-state index contributed by atoms with van der Waals surface area (Å²) in [5.41, 5.74) is -0.568. The molecule has 0 spiro atoms. The fourth-order valence-electron chi connectivity index (χ4n) is 1.13. The molecule has 86 valence electrons. The minimum absolute atomic E-state index is 0.0745. The fraction of sp³-hybridized carbons (Fsp3) is 0.333. The maximum Gasteiger partial charge on any atom is 0.286 e. The molecule has 0 saturated carbocycles. The molecule has 1 aromatic heterocycles. The van der Waals surface area contributed by atoms with Gasteiger partial charge in [-0.2, -0.15) is 0 Å². The van der Waals surface area contributed by atoms with Gasteiger partial charge in [0, 0.05) is 19.0 Å². The Balaban J connectivity index is 3.12. The molecule has 0 fully saturated rings. The Morgan fingerprint density at radius 2 is 2.25 bits per heavy atom. The molecular formula is C9H9BrN2O4. The van der Waals surface area contributed by atoms with Gasteiger partial charge in [-0.05, 0) is 22.9 Å². The number of pyridine rings is 1. The van der Waals surface area contributed by atoms with E-state index in [0.717, 1.165) is 16.8 Å². The number of Topliss-reactive ketones (excluding diaryl/α,β-unsaturated/α-hetero) is 1. The van der Waals surface area contributed by atoms with Crippen molar-refractivity contribution in [3.05, 3.63) is 37.2 Å². The Morgan fingerprint density at radius 1 is 1.62 bits per heavy atom. The molecule has 0 bridgehead atoms. The third-order valence-electron chi connectivity index (χ3n) is 1.94. The summed E-state index contributed by atoms with van der Waals surface area (Å²) in [6.45, 7) is 1.55. The summed E-state index contributed by atoms with van der Waals surface area (Å²) in [7, 11) is 0. The second-order valence-corrected chi connectivity index (χ2v) is 4.11. The molecule has 16 heavy (non-hydrogen) atoms. The first-order valence-electron chi connectivity index (χ1n) is 4.45. The fourth-order valence-corrected chi connectivity index (χ4v) is 1.59. The van der Waals surface area contributed by atoms with Gasteiger partial charge >= 0.3 is 0 Å². The van der Waals surface area contributed by atoms with Gasteiger partial charge in [0.2, 0.25) is 0 Å². The van der Waals surface area contributed by atoms with Crippen LogP contribution in [0.5, 0.6) is 0 Å². The van der Waals surface area contributed by atoms with Crippen molar-refractivity contribution in [1.29, 1.82) is 0 Å². The first kappa shape index (κ1) is 12.6. The largest absolute Gasteiger partial charge is 0.307 e. The van der Waals surface area contributed by atoms with E-state index in [1.807, 2.05) is 0 Å². The van der Waals surface area contributed by atoms with Crippen molar-refractivity contribution in [3.8, 4) is 0 Å². The van der Waals surface area contributed by atoms with Crippen LogP contribution in [0.2, 0.25) is 0 Å². The summed E-state index contributed by atoms with van der Waals surface area (Å²) in [6.07, 6.45) is 1.31. The van der Waals surface area contributed by atoms with Gasteiger partial charge in [-0.3, -0.25) is 19.7 Å². The average Bonchev–Trinajstić information content (AvgIpc) is 2.19. The molecule has 1 heterocycles. The van der Waals surface area contributed by atoms with E-state index < -0.39 is 4.92 Å². The van der Waals surface area contributed by atoms with Crippen LogP contribution in [0.25, 0.3) is 0 Å². The number of aromatic nitrogens is 1. The molecule has 0 unspecified atom stereocenters. The molecule has 7 heteroatoms. The predicted octanol–water partition coefficient (Wildman–Crippen LogP) is 1.50. The van der Waals surface area contributed by atoms with Gasteiger partial charge in [-0.25, -0.2) is 0 Å². The molecule has 0 amide bonds. The third kappa shape index (κ3) is 2.99. The number of nitrogens with zero attached hydrogens (tertiary/aromatic N) is 2. The van der Waals surface area contributed by atoms with E-state index in [4.69, 9.17) is 0 Å². The van der Waals surface area contributed by atoms with Gasteiger partial charge in [0.25, 0.3) is 11.2 Å². The summed E-state index contributed by atoms with van der Waals surface area (Å²) < 4.78 is 1.27. The monoisotopic (exact) mass is 288 g/mol. The average molecular weight is 289 g/mol. The van der Waals surface area contributed by atoms with Crippen molar-refractivity contribution in [3.63, 3.8) is 0 Å². The highest BCUT2D eigenvalue weighted by Gasteiger charge is 2.12. The lowest BCUT2D eigenvalue weighted by Gasteiger charge is -2.04. The van der Waals surface area contributed by atoms with Crippen molar-refractivity contribution in [2.75, 3.05) is 0 Å². The molecule has 0 aliphatic rings. The number of carbonyl (C=O) groups excluding carboxylic acids is 1. The van der Waals surface area contributed by atoms with Crippen LogP contribution in [0.1, 0.15) is 13.3 Å². The number of hydrogen-bond acceptors (Lipinski definition) is 4. The number of hydrogen-bond donors (Lipinski definition) is 0. The minimum Gasteiger partial charge on any atom is -0.307 e. The van der Waals surface area contributed by atoms with E-state index >= 15 is 0 Å². The van der Waals surface area contributed by atoms with Crippen LogP contribution < -0.4 is 5.56 Å². The summed E-state index contributed by atoms with van der Waals surface area (Å²) in [5, 5.41) is 10.6. The smallest absolute Gasteiger partial charge is 0.286 e. The highest BCUT2D eigenvalue weighted by Crippen LogP contribution is 2.14. The maximum atomic E-state index is 11.5. The topological polar surface area (TPSA) is 82.2 Å². The van der Waals surface area contributed by atoms with E-state index in [9.17, 15) is 19.7 Å². The molecule has 0 saturated heterocycles. The maximum absolute atomic E-state index is 11.5. The lowest BCUT2D eigenvalue weighted by molar-refractivity contribution is -0.385. The molecule has 0 aromatic carbocycles. The number of rotatable bonds is 4. The zero-order valence-electron chi connectivity index (χ0n) is 8.47. The number of aryl methyl sites for hydroxylation is 1. The molecule has 1 aromatic rings. The predicted molar refractivity (Wildman–Crippen MR) is 60.4 cm³/mol. The molecule has 0 aliphatic carbocycles. The molecule has 1 rings (SSSR count). The van der Waals surface area contributed by atoms with Crippen LogP contribution in [0.3, 0.4) is 0 Å². The summed E-state index contributed by atoms with van der Waals surface area (Å²) in [5.74, 6) is -0.0745. The Hall–Kier alpha value is -1.50. The summed E-state index contributed by atoms with van der Waals surface area (Å²) in [6, 6.07) is 1.15. The normalized spacial score (nSPS) is 10.1. The highest BCUT2D eigenvalue weighted by atomic mass is 79.9. The number of ketones is 1. The molecule has 0 atom stereocenters. The molecular weight excluding hydrogens is 280 g/mol. The van der Waals surface area contributed by atoms with Gasteiger partial charge in [0.1, 0.15) is 5.78 Å². The van der Waals surface area contributed by atoms with Crippen LogP contribution in [0, 0.1) is 10.1 Å². The Morgan fingerprint density at radius 3 is 2.75 bits per heavy atom. The molecule has 0 aliphatic heterocycles. The Bertz CT molecular complexity index is 495. The van der Waals surface area contributed by atoms with Crippen molar-refractivity contribution >= 4 is 27.4 Å². The third-order valence-corrected chi connectivity index (χ3v) is 2.51. The summed E-state index contributed by atoms with van der Waals surface area (Å²) in [4.78, 5) is 32.3. The Labute approximate surface area is 99.2 Å². The van der Waals surface area contributed by atoms with Crippen molar-refractivity contribution in [1.82, 2.24) is 4.57 Å². The Kier molecular flexibility index (Phi) is 3.94. The lowest BCUT2D eigenvalue weighted by Crippen LogP contribution is -2.21. The first-order chi connectivity index (χ1) is 7.41. The highest BCUT2D eigenvalue weighted by molar-refractivity contribution is 9.10. The van der Waals surface area contributed by atoms with Crippen molar-refractivity contribution in [2.45, 2.75) is 19.9 Å². The van der Waals surface area contributed by atoms with Gasteiger partial charge in [0.05, 0.1) is 15.6 Å². The van der Waals surface area contributed by atoms with E-state index in [-0.39, 0.29) is 34.5 Å². The van der Waals surface area contributed by atoms with E-state index in [2.05, 4.69) is 15.9 Å². The van der Waals surface area contributed by atoms with Crippen LogP contribution in [-0.2, 0) is 11.3 Å². The molecule has 0 radical (unpaired) electrons. The molecule has 6 nitrogen and oxygen atoms in total. The lowest BCUT2D eigenvalue weighted by atomic mass is 10.3. The van der Waals surface area contributed by atoms with Crippen LogP contribution >= 0.6 is 15.9 Å². The number of halogens is 1. The second kappa shape index (κ2) is 5.02. The van der Waals surface area contributed by atoms with Gasteiger partial charge in [0.15, 0.2) is 0 Å². The van der Waals surface area contributed by atoms with Crippen LogP contribution in [0.4, 0.5) is 5.69 Å². The number of nitro groups is 1. The summed E-state index contributed by atoms with van der Waals surface area (Å²) >= 11 is 2.95. The van der Waals surface area contributed by atoms with Gasteiger partial charge in [-0.1, -0.05) is 0 Å². The quantitative estimate of drug-likeness (QED) is 0.621. The minimum atomic E-state index is -0.589. The standard InChI is InChI=1S/C9H9BrN2O4/c1-6(13)2-3-11-5-7(12(15)16)4-8(10)9(11)14/h4-5H,2-3H2,1H3. The first-order valence-corrected chi connectivity index (χ1v) is 5.25. The number of carbonyl (C=O) groups is 1. The van der Waals surface area contributed by atoms with E-state index in [1.165, 1.54) is 6.92 Å². The van der Waals surface area contributed by atoms with Crippen molar-refractivity contribution in [2.24, 2.45) is 0 Å². The second-order valence-electron chi connectivity index (χ2n) is 3.25. The molecule has 0 N–H and O–H groups in total. The van der Waals surface area contributed by atoms with Gasteiger partial charge < -0.3 is 4.57 Å². The van der Waals surface area contributed by atoms with Crippen molar-refractivity contribution < 1.29 is 9.72 Å². The van der Waals surface area contributed by atoms with E-state index in [0.29, 0.717) is 0 Å². The zero-order valence-corrected chi connectivity index (χ0v) is 10.1. The van der Waals surface area contributed by atoms with E-state index in [1.54, 1.807) is 0 Å². The zero-order chi connectivity index (χ0) is 12.3. The van der Waals surface area contributed by atoms with Crippen LogP contribution in [-0.4, -0.2) is 15.3 Å².